The van der Waals surface area contributed by atoms with Gasteiger partial charge < -0.3 is 19.9 Å². The van der Waals surface area contributed by atoms with Gasteiger partial charge >= 0.3 is 6.03 Å². The molecule has 0 saturated carbocycles. The maximum atomic E-state index is 13.6. The van der Waals surface area contributed by atoms with Crippen LogP contribution in [0.1, 0.15) is 29.8 Å². The molecule has 3 aromatic rings. The van der Waals surface area contributed by atoms with Crippen LogP contribution in [-0.4, -0.2) is 80.3 Å². The van der Waals surface area contributed by atoms with Gasteiger partial charge in [-0.3, -0.25) is 19.4 Å². The number of hydrogen-bond acceptors (Lipinski definition) is 9. The van der Waals surface area contributed by atoms with Crippen LogP contribution in [0.15, 0.2) is 48.7 Å². The molecule has 0 aliphatic carbocycles. The Bertz CT molecular complexity index is 1390. The first-order valence-corrected chi connectivity index (χ1v) is 13.8. The smallest absolute Gasteiger partial charge is 0.330 e. The number of likely N-dealkylation sites (N-methyl/N-ethyl adjacent to an activating group) is 1. The van der Waals surface area contributed by atoms with Crippen molar-refractivity contribution in [2.45, 2.75) is 20.4 Å². The molecule has 3 amide bonds. The van der Waals surface area contributed by atoms with E-state index in [9.17, 15) is 9.59 Å². The van der Waals surface area contributed by atoms with Gasteiger partial charge in [0.15, 0.2) is 0 Å². The summed E-state index contributed by atoms with van der Waals surface area (Å²) in [6.45, 7) is 8.75. The molecule has 0 bridgehead atoms. The van der Waals surface area contributed by atoms with Crippen LogP contribution in [0.3, 0.4) is 0 Å². The van der Waals surface area contributed by atoms with Crippen LogP contribution in [0, 0.1) is 0 Å². The van der Waals surface area contributed by atoms with Crippen LogP contribution < -0.4 is 30.2 Å². The number of urea groups is 1. The molecule has 41 heavy (non-hydrogen) atoms. The maximum absolute atomic E-state index is 13.6. The van der Waals surface area contributed by atoms with Gasteiger partial charge in [0.05, 0.1) is 25.9 Å². The molecule has 12 heteroatoms. The van der Waals surface area contributed by atoms with Gasteiger partial charge in [-0.05, 0) is 57.3 Å². The largest absolute Gasteiger partial charge is 0.497 e. The lowest BCUT2D eigenvalue weighted by Gasteiger charge is -2.35. The van der Waals surface area contributed by atoms with Gasteiger partial charge in [0.1, 0.15) is 11.6 Å². The number of rotatable bonds is 9. The lowest BCUT2D eigenvalue weighted by molar-refractivity contribution is 0.0364. The predicted octanol–water partition coefficient (Wildman–Crippen LogP) is 3.63. The van der Waals surface area contributed by atoms with Crippen molar-refractivity contribution in [1.82, 2.24) is 20.3 Å². The molecule has 2 aromatic carbocycles. The minimum atomic E-state index is -0.431. The number of carbonyl (C=O) groups is 2. The molecule has 0 unspecified atom stereocenters. The molecular formula is C29H36N8O4. The molecule has 1 saturated heterocycles. The molecule has 3 heterocycles. The number of piperazine rings is 1. The minimum absolute atomic E-state index is 0.240. The fraction of sp³-hybridized carbons (Fsp3) is 0.379. The van der Waals surface area contributed by atoms with E-state index in [1.165, 1.54) is 12.8 Å². The first-order chi connectivity index (χ1) is 19.9. The molecule has 0 spiro atoms. The first kappa shape index (κ1) is 28.1. The van der Waals surface area contributed by atoms with Crippen molar-refractivity contribution < 1.29 is 19.2 Å². The summed E-state index contributed by atoms with van der Waals surface area (Å²) in [4.78, 5) is 48.4. The van der Waals surface area contributed by atoms with Crippen molar-refractivity contribution in [2.75, 3.05) is 73.5 Å². The summed E-state index contributed by atoms with van der Waals surface area (Å²) in [6.07, 6.45) is 1.73. The Morgan fingerprint density at radius 3 is 2.46 bits per heavy atom. The number of nitrogens with zero attached hydrogens (tertiary/aromatic N) is 6. The average Bonchev–Trinajstić information content (AvgIpc) is 3.00. The van der Waals surface area contributed by atoms with Crippen molar-refractivity contribution in [1.29, 1.82) is 0 Å². The van der Waals surface area contributed by atoms with Crippen molar-refractivity contribution >= 4 is 40.8 Å². The highest BCUT2D eigenvalue weighted by Gasteiger charge is 2.33. The molecule has 1 fully saturated rings. The maximum Gasteiger partial charge on any atom is 0.330 e. The number of amides is 3. The molecular weight excluding hydrogens is 524 g/mol. The summed E-state index contributed by atoms with van der Waals surface area (Å²) in [5.41, 5.74) is 6.05. The number of benzene rings is 2. The molecule has 12 nitrogen and oxygen atoms in total. The zero-order valence-corrected chi connectivity index (χ0v) is 23.9. The van der Waals surface area contributed by atoms with Gasteiger partial charge in [0.2, 0.25) is 5.95 Å². The zero-order valence-electron chi connectivity index (χ0n) is 23.9. The van der Waals surface area contributed by atoms with Crippen LogP contribution in [0.5, 0.6) is 5.75 Å². The summed E-state index contributed by atoms with van der Waals surface area (Å²) in [5.74, 6) is 0.977. The Morgan fingerprint density at radius 1 is 1.02 bits per heavy atom. The standard InChI is InChI=1S/C29H36N8O4/c1-5-36-26-21(19-37(29(36)39)24-15-20(16-25(17-24)40-4)27(38)33-41-6-2)18-30-28(32-26)31-22-7-9-23(10-8-22)35-13-11-34(3)12-14-35/h7-10,15-18H,5-6,11-14,19H2,1-4H3,(H,33,38)(H,30,31,32). The third kappa shape index (κ3) is 6.18. The first-order valence-electron chi connectivity index (χ1n) is 13.8. The third-order valence-electron chi connectivity index (χ3n) is 7.21. The summed E-state index contributed by atoms with van der Waals surface area (Å²) in [5, 5.41) is 3.27. The fourth-order valence-electron chi connectivity index (χ4n) is 4.90. The van der Waals surface area contributed by atoms with Crippen molar-refractivity contribution in [3.63, 3.8) is 0 Å². The third-order valence-corrected chi connectivity index (χ3v) is 7.21. The Labute approximate surface area is 239 Å². The highest BCUT2D eigenvalue weighted by atomic mass is 16.6. The Balaban J connectivity index is 1.35. The molecule has 2 N–H and O–H groups in total. The molecule has 1 aromatic heterocycles. The summed E-state index contributed by atoms with van der Waals surface area (Å²) in [7, 11) is 3.66. The van der Waals surface area contributed by atoms with E-state index in [-0.39, 0.29) is 12.6 Å². The topological polar surface area (TPSA) is 115 Å². The highest BCUT2D eigenvalue weighted by Crippen LogP contribution is 2.33. The summed E-state index contributed by atoms with van der Waals surface area (Å²) in [6, 6.07) is 12.9. The van der Waals surface area contributed by atoms with Gasteiger partial charge in [-0.1, -0.05) is 0 Å². The van der Waals surface area contributed by atoms with E-state index in [1.54, 1.807) is 41.1 Å². The Kier molecular flexibility index (Phi) is 8.50. The van der Waals surface area contributed by atoms with Crippen molar-refractivity contribution in [3.05, 3.63) is 59.8 Å². The number of ether oxygens (including phenoxy) is 1. The SMILES string of the molecule is CCONC(=O)c1cc(OC)cc(N2Cc3cnc(Nc4ccc(N5CCN(C)CC5)cc4)nc3N(CC)C2=O)c1. The molecule has 0 atom stereocenters. The van der Waals surface area contributed by atoms with Gasteiger partial charge in [0, 0.05) is 67.5 Å². The van der Waals surface area contributed by atoms with Gasteiger partial charge in [-0.2, -0.15) is 4.98 Å². The van der Waals surface area contributed by atoms with Crippen LogP contribution in [0.4, 0.5) is 33.6 Å². The molecule has 2 aliphatic rings. The van der Waals surface area contributed by atoms with Crippen molar-refractivity contribution in [2.24, 2.45) is 0 Å². The van der Waals surface area contributed by atoms with E-state index < -0.39 is 5.91 Å². The van der Waals surface area contributed by atoms with Crippen LogP contribution in [-0.2, 0) is 11.4 Å². The number of aromatic nitrogens is 2. The van der Waals surface area contributed by atoms with Crippen molar-refractivity contribution in [3.8, 4) is 5.75 Å². The van der Waals surface area contributed by atoms with E-state index in [0.29, 0.717) is 41.9 Å². The number of fused-ring (bicyclic) bond motifs is 1. The second-order valence-corrected chi connectivity index (χ2v) is 9.90. The van der Waals surface area contributed by atoms with E-state index in [1.807, 2.05) is 19.1 Å². The second-order valence-electron chi connectivity index (χ2n) is 9.90. The normalized spacial score (nSPS) is 15.5. The van der Waals surface area contributed by atoms with E-state index in [4.69, 9.17) is 14.6 Å². The molecule has 5 rings (SSSR count). The number of hydrogen-bond donors (Lipinski definition) is 2. The summed E-state index contributed by atoms with van der Waals surface area (Å²) < 4.78 is 5.41. The minimum Gasteiger partial charge on any atom is -0.497 e. The molecule has 216 valence electrons. The number of methoxy groups -OCH3 is 1. The summed E-state index contributed by atoms with van der Waals surface area (Å²) >= 11 is 0. The highest BCUT2D eigenvalue weighted by molar-refractivity contribution is 6.06. The second kappa shape index (κ2) is 12.4. The zero-order chi connectivity index (χ0) is 28.9. The number of anilines is 5. The van der Waals surface area contributed by atoms with Gasteiger partial charge in [-0.15, -0.1) is 0 Å². The molecule has 0 radical (unpaired) electrons. The lowest BCUT2D eigenvalue weighted by Crippen LogP contribution is -2.48. The Morgan fingerprint density at radius 2 is 1.78 bits per heavy atom. The van der Waals surface area contributed by atoms with E-state index in [2.05, 4.69) is 44.8 Å². The average molecular weight is 561 g/mol. The number of carbonyl (C=O) groups excluding carboxylic acids is 2. The van der Waals surface area contributed by atoms with Gasteiger partial charge in [0.25, 0.3) is 5.91 Å². The molecule has 2 aliphatic heterocycles. The number of hydroxylamine groups is 1. The van der Waals surface area contributed by atoms with Crippen LogP contribution in [0.25, 0.3) is 0 Å². The van der Waals surface area contributed by atoms with E-state index in [0.717, 1.165) is 37.4 Å². The Hall–Kier alpha value is -4.42. The van der Waals surface area contributed by atoms with Gasteiger partial charge in [-0.25, -0.2) is 15.3 Å². The van der Waals surface area contributed by atoms with Crippen LogP contribution >= 0.6 is 0 Å². The van der Waals surface area contributed by atoms with E-state index >= 15 is 0 Å². The monoisotopic (exact) mass is 560 g/mol. The lowest BCUT2D eigenvalue weighted by atomic mass is 10.1. The number of nitrogens with one attached hydrogen (secondary N) is 2. The quantitative estimate of drug-likeness (QED) is 0.379. The predicted molar refractivity (Wildman–Crippen MR) is 158 cm³/mol. The van der Waals surface area contributed by atoms with Crippen LogP contribution in [0.2, 0.25) is 0 Å². The fourth-order valence-corrected chi connectivity index (χ4v) is 4.90.